The Kier molecular flexibility index (Phi) is 3.85. The van der Waals surface area contributed by atoms with E-state index in [1.807, 2.05) is 35.0 Å². The summed E-state index contributed by atoms with van der Waals surface area (Å²) < 4.78 is 29.4. The molecule has 7 heteroatoms. The smallest absolute Gasteiger partial charge is 0.258 e. The standard InChI is InChI=1S/C14H12N2O3S2/c17-21(18,9-11-4-2-1-3-5-11)10-13-15-14(19-16-13)12-6-7-20-8-12/h1-8H,9-10H2. The van der Waals surface area contributed by atoms with Gasteiger partial charge in [-0.3, -0.25) is 0 Å². The van der Waals surface area contributed by atoms with Crippen molar-refractivity contribution in [3.63, 3.8) is 0 Å². The molecule has 0 bridgehead atoms. The van der Waals surface area contributed by atoms with Gasteiger partial charge in [-0.15, -0.1) is 0 Å². The molecule has 0 saturated heterocycles. The average molecular weight is 320 g/mol. The number of nitrogens with zero attached hydrogens (tertiary/aromatic N) is 2. The van der Waals surface area contributed by atoms with Gasteiger partial charge in [0, 0.05) is 5.38 Å². The minimum Gasteiger partial charge on any atom is -0.334 e. The summed E-state index contributed by atoms with van der Waals surface area (Å²) in [6, 6.07) is 10.9. The molecule has 0 spiro atoms. The largest absolute Gasteiger partial charge is 0.334 e. The van der Waals surface area contributed by atoms with E-state index in [-0.39, 0.29) is 17.3 Å². The van der Waals surface area contributed by atoms with Crippen LogP contribution >= 0.6 is 11.3 Å². The fraction of sp³-hybridized carbons (Fsp3) is 0.143. The van der Waals surface area contributed by atoms with E-state index in [0.717, 1.165) is 11.1 Å². The highest BCUT2D eigenvalue weighted by Crippen LogP contribution is 2.20. The zero-order chi connectivity index (χ0) is 14.7. The van der Waals surface area contributed by atoms with Crippen molar-refractivity contribution in [2.45, 2.75) is 11.5 Å². The molecule has 2 aromatic heterocycles. The monoisotopic (exact) mass is 320 g/mol. The van der Waals surface area contributed by atoms with Gasteiger partial charge in [-0.25, -0.2) is 8.42 Å². The minimum atomic E-state index is -3.33. The molecule has 0 radical (unpaired) electrons. The van der Waals surface area contributed by atoms with E-state index in [1.54, 1.807) is 12.1 Å². The lowest BCUT2D eigenvalue weighted by Gasteiger charge is -2.01. The van der Waals surface area contributed by atoms with Crippen LogP contribution in [0, 0.1) is 0 Å². The minimum absolute atomic E-state index is 0.0316. The van der Waals surface area contributed by atoms with Crippen molar-refractivity contribution in [1.82, 2.24) is 10.1 Å². The van der Waals surface area contributed by atoms with E-state index in [1.165, 1.54) is 11.3 Å². The average Bonchev–Trinajstić information content (AvgIpc) is 3.09. The van der Waals surface area contributed by atoms with Crippen LogP contribution in [0.25, 0.3) is 11.5 Å². The molecule has 0 N–H and O–H groups in total. The number of rotatable bonds is 5. The fourth-order valence-electron chi connectivity index (χ4n) is 1.89. The number of benzene rings is 1. The molecule has 0 fully saturated rings. The highest BCUT2D eigenvalue weighted by Gasteiger charge is 2.18. The van der Waals surface area contributed by atoms with E-state index in [4.69, 9.17) is 4.52 Å². The van der Waals surface area contributed by atoms with Crippen LogP contribution in [0.5, 0.6) is 0 Å². The van der Waals surface area contributed by atoms with Gasteiger partial charge in [-0.2, -0.15) is 16.3 Å². The second kappa shape index (κ2) is 5.79. The second-order valence-electron chi connectivity index (χ2n) is 4.55. The van der Waals surface area contributed by atoms with Gasteiger partial charge in [0.25, 0.3) is 5.89 Å². The Balaban J connectivity index is 1.74. The van der Waals surface area contributed by atoms with Gasteiger partial charge >= 0.3 is 0 Å². The van der Waals surface area contributed by atoms with Gasteiger partial charge in [-0.1, -0.05) is 35.5 Å². The van der Waals surface area contributed by atoms with E-state index < -0.39 is 9.84 Å². The molecule has 0 aliphatic heterocycles. The Bertz CT molecular complexity index is 809. The molecule has 0 aliphatic carbocycles. The van der Waals surface area contributed by atoms with E-state index in [9.17, 15) is 8.42 Å². The van der Waals surface area contributed by atoms with Crippen LogP contribution in [0.2, 0.25) is 0 Å². The topological polar surface area (TPSA) is 73.1 Å². The zero-order valence-corrected chi connectivity index (χ0v) is 12.6. The van der Waals surface area contributed by atoms with Crippen LogP contribution in [-0.4, -0.2) is 18.6 Å². The number of thiophene rings is 1. The van der Waals surface area contributed by atoms with E-state index in [0.29, 0.717) is 5.89 Å². The third kappa shape index (κ3) is 3.56. The van der Waals surface area contributed by atoms with Gasteiger partial charge < -0.3 is 4.52 Å². The van der Waals surface area contributed by atoms with Crippen molar-refractivity contribution in [2.24, 2.45) is 0 Å². The number of hydrogen-bond donors (Lipinski definition) is 0. The first-order valence-electron chi connectivity index (χ1n) is 6.22. The Morgan fingerprint density at radius 1 is 1.10 bits per heavy atom. The summed E-state index contributed by atoms with van der Waals surface area (Å²) in [6.07, 6.45) is 0. The molecule has 2 heterocycles. The summed E-state index contributed by atoms with van der Waals surface area (Å²) in [7, 11) is -3.33. The van der Waals surface area contributed by atoms with Crippen molar-refractivity contribution in [1.29, 1.82) is 0 Å². The van der Waals surface area contributed by atoms with Gasteiger partial charge in [0.1, 0.15) is 5.75 Å². The summed E-state index contributed by atoms with van der Waals surface area (Å²) in [5.41, 5.74) is 1.55. The van der Waals surface area contributed by atoms with Crippen molar-refractivity contribution in [3.8, 4) is 11.5 Å². The van der Waals surface area contributed by atoms with Gasteiger partial charge in [0.05, 0.1) is 11.3 Å². The molecule has 0 unspecified atom stereocenters. The summed E-state index contributed by atoms with van der Waals surface area (Å²) >= 11 is 1.51. The summed E-state index contributed by atoms with van der Waals surface area (Å²) in [4.78, 5) is 4.13. The van der Waals surface area contributed by atoms with Gasteiger partial charge in [0.15, 0.2) is 15.7 Å². The molecule has 21 heavy (non-hydrogen) atoms. The number of sulfone groups is 1. The van der Waals surface area contributed by atoms with Crippen molar-refractivity contribution >= 4 is 21.2 Å². The highest BCUT2D eigenvalue weighted by atomic mass is 32.2. The molecule has 108 valence electrons. The third-order valence-corrected chi connectivity index (χ3v) is 4.97. The first-order valence-corrected chi connectivity index (χ1v) is 8.98. The Morgan fingerprint density at radius 3 is 2.62 bits per heavy atom. The molecule has 0 amide bonds. The van der Waals surface area contributed by atoms with Crippen LogP contribution in [0.15, 0.2) is 51.7 Å². The Morgan fingerprint density at radius 2 is 1.90 bits per heavy atom. The van der Waals surface area contributed by atoms with Gasteiger partial charge in [-0.05, 0) is 17.0 Å². The van der Waals surface area contributed by atoms with E-state index in [2.05, 4.69) is 10.1 Å². The van der Waals surface area contributed by atoms with Crippen LogP contribution in [0.4, 0.5) is 0 Å². The second-order valence-corrected chi connectivity index (χ2v) is 7.39. The lowest BCUT2D eigenvalue weighted by molar-refractivity contribution is 0.424. The molecular weight excluding hydrogens is 308 g/mol. The predicted molar refractivity (Wildman–Crippen MR) is 80.4 cm³/mol. The first-order chi connectivity index (χ1) is 10.1. The van der Waals surface area contributed by atoms with Crippen LogP contribution in [0.1, 0.15) is 11.4 Å². The predicted octanol–water partition coefficient (Wildman–Crippen LogP) is 2.91. The zero-order valence-electron chi connectivity index (χ0n) is 11.0. The summed E-state index contributed by atoms with van der Waals surface area (Å²) in [5, 5.41) is 7.50. The van der Waals surface area contributed by atoms with Crippen LogP contribution < -0.4 is 0 Å². The molecule has 0 saturated carbocycles. The van der Waals surface area contributed by atoms with Crippen LogP contribution in [0.3, 0.4) is 0 Å². The van der Waals surface area contributed by atoms with Crippen LogP contribution in [-0.2, 0) is 21.3 Å². The molecule has 5 nitrogen and oxygen atoms in total. The van der Waals surface area contributed by atoms with Gasteiger partial charge in [0.2, 0.25) is 0 Å². The van der Waals surface area contributed by atoms with Crippen molar-refractivity contribution in [2.75, 3.05) is 0 Å². The maximum Gasteiger partial charge on any atom is 0.258 e. The third-order valence-electron chi connectivity index (χ3n) is 2.81. The molecule has 0 atom stereocenters. The highest BCUT2D eigenvalue weighted by molar-refractivity contribution is 7.89. The summed E-state index contributed by atoms with van der Waals surface area (Å²) in [6.45, 7) is 0. The fourth-order valence-corrected chi connectivity index (χ4v) is 3.83. The molecule has 3 rings (SSSR count). The quantitative estimate of drug-likeness (QED) is 0.722. The van der Waals surface area contributed by atoms with Crippen molar-refractivity contribution in [3.05, 3.63) is 58.5 Å². The van der Waals surface area contributed by atoms with E-state index >= 15 is 0 Å². The Labute approximate surface area is 126 Å². The summed E-state index contributed by atoms with van der Waals surface area (Å²) in [5.74, 6) is 0.277. The maximum atomic E-state index is 12.1. The molecule has 3 aromatic rings. The number of hydrogen-bond acceptors (Lipinski definition) is 6. The molecule has 0 aliphatic rings. The van der Waals surface area contributed by atoms with Crippen molar-refractivity contribution < 1.29 is 12.9 Å². The number of aromatic nitrogens is 2. The lowest BCUT2D eigenvalue weighted by Crippen LogP contribution is -2.08. The Hall–Kier alpha value is -1.99. The molecule has 1 aromatic carbocycles. The normalized spacial score (nSPS) is 11.6. The maximum absolute atomic E-state index is 12.1. The molecular formula is C14H12N2O3S2. The SMILES string of the molecule is O=S(=O)(Cc1ccccc1)Cc1noc(-c2ccsc2)n1. The first kappa shape index (κ1) is 14.0. The lowest BCUT2D eigenvalue weighted by atomic mass is 10.2.